The summed E-state index contributed by atoms with van der Waals surface area (Å²) < 4.78 is 0. The van der Waals surface area contributed by atoms with Crippen molar-refractivity contribution in [2.45, 2.75) is 58.4 Å². The number of hydrogen-bond donors (Lipinski definition) is 2. The Bertz CT molecular complexity index is 397. The fourth-order valence-corrected chi connectivity index (χ4v) is 3.83. The molecule has 20 heavy (non-hydrogen) atoms. The van der Waals surface area contributed by atoms with Crippen molar-refractivity contribution in [1.82, 2.24) is 10.2 Å². The Hall–Kier alpha value is -0.710. The van der Waals surface area contributed by atoms with Gasteiger partial charge in [-0.25, -0.2) is 4.79 Å². The quantitative estimate of drug-likeness (QED) is 0.622. The Balaban J connectivity index is 2.13. The minimum absolute atomic E-state index is 0.0155. The molecule has 3 amide bonds. The van der Waals surface area contributed by atoms with Crippen LogP contribution in [0.2, 0.25) is 0 Å². The van der Waals surface area contributed by atoms with Crippen molar-refractivity contribution in [3.8, 4) is 0 Å². The van der Waals surface area contributed by atoms with Gasteiger partial charge in [0.1, 0.15) is 5.54 Å². The fraction of sp³-hybridized carbons (Fsp3) is 0.867. The molecule has 0 bridgehead atoms. The molecule has 4 nitrogen and oxygen atoms in total. The molecular formula is C15H26N2O2S. The van der Waals surface area contributed by atoms with Gasteiger partial charge in [-0.3, -0.25) is 9.69 Å². The summed E-state index contributed by atoms with van der Waals surface area (Å²) in [6.45, 7) is 6.85. The topological polar surface area (TPSA) is 49.4 Å². The molecule has 0 aromatic carbocycles. The monoisotopic (exact) mass is 298 g/mol. The maximum Gasteiger partial charge on any atom is 0.325 e. The molecule has 1 atom stereocenters. The van der Waals surface area contributed by atoms with Crippen LogP contribution in [-0.2, 0) is 4.79 Å². The van der Waals surface area contributed by atoms with Crippen molar-refractivity contribution < 1.29 is 9.59 Å². The summed E-state index contributed by atoms with van der Waals surface area (Å²) >= 11 is 4.39. The smallest absolute Gasteiger partial charge is 0.323 e. The molecule has 5 heteroatoms. The summed E-state index contributed by atoms with van der Waals surface area (Å²) in [7, 11) is 0. The molecule has 0 aromatic rings. The van der Waals surface area contributed by atoms with Crippen molar-refractivity contribution in [2.24, 2.45) is 11.3 Å². The molecule has 2 fully saturated rings. The SMILES string of the molecule is CC(C)(C)C(CS)CN1C(=O)NC2(CCCCC2)C1=O. The van der Waals surface area contributed by atoms with Crippen LogP contribution in [0.1, 0.15) is 52.9 Å². The van der Waals surface area contributed by atoms with Crippen molar-refractivity contribution in [1.29, 1.82) is 0 Å². The van der Waals surface area contributed by atoms with Gasteiger partial charge in [0.25, 0.3) is 5.91 Å². The van der Waals surface area contributed by atoms with Gasteiger partial charge in [0.15, 0.2) is 0 Å². The second-order valence-electron chi connectivity index (χ2n) is 7.23. The van der Waals surface area contributed by atoms with Gasteiger partial charge < -0.3 is 5.32 Å². The van der Waals surface area contributed by atoms with Gasteiger partial charge in [-0.1, -0.05) is 40.0 Å². The van der Waals surface area contributed by atoms with E-state index in [1.54, 1.807) is 0 Å². The zero-order valence-electron chi connectivity index (χ0n) is 12.7. The van der Waals surface area contributed by atoms with Crippen LogP contribution in [0.4, 0.5) is 4.79 Å². The fourth-order valence-electron chi connectivity index (χ4n) is 3.16. The second kappa shape index (κ2) is 5.58. The Labute approximate surface area is 127 Å². The van der Waals surface area contributed by atoms with E-state index < -0.39 is 5.54 Å². The number of carbonyl (C=O) groups is 2. The van der Waals surface area contributed by atoms with Crippen LogP contribution < -0.4 is 5.32 Å². The van der Waals surface area contributed by atoms with Crippen molar-refractivity contribution >= 4 is 24.6 Å². The average molecular weight is 298 g/mol. The van der Waals surface area contributed by atoms with E-state index in [1.807, 2.05) is 0 Å². The predicted molar refractivity (Wildman–Crippen MR) is 82.9 cm³/mol. The van der Waals surface area contributed by atoms with E-state index in [0.29, 0.717) is 12.3 Å². The van der Waals surface area contributed by atoms with Crippen LogP contribution >= 0.6 is 12.6 Å². The lowest BCUT2D eigenvalue weighted by Gasteiger charge is -2.33. The van der Waals surface area contributed by atoms with Crippen molar-refractivity contribution in [3.05, 3.63) is 0 Å². The van der Waals surface area contributed by atoms with E-state index in [2.05, 4.69) is 38.7 Å². The van der Waals surface area contributed by atoms with Crippen LogP contribution in [-0.4, -0.2) is 34.7 Å². The lowest BCUT2D eigenvalue weighted by molar-refractivity contribution is -0.133. The van der Waals surface area contributed by atoms with Crippen LogP contribution in [0.3, 0.4) is 0 Å². The molecule has 1 unspecified atom stereocenters. The molecule has 1 heterocycles. The van der Waals surface area contributed by atoms with Gasteiger partial charge >= 0.3 is 6.03 Å². The minimum atomic E-state index is -0.603. The zero-order valence-corrected chi connectivity index (χ0v) is 13.6. The molecule has 2 rings (SSSR count). The van der Waals surface area contributed by atoms with Crippen molar-refractivity contribution in [2.75, 3.05) is 12.3 Å². The average Bonchev–Trinajstić information content (AvgIpc) is 2.58. The molecule has 0 aromatic heterocycles. The van der Waals surface area contributed by atoms with Gasteiger partial charge in [0.2, 0.25) is 0 Å². The van der Waals surface area contributed by atoms with E-state index in [-0.39, 0.29) is 23.3 Å². The van der Waals surface area contributed by atoms with Gasteiger partial charge in [0, 0.05) is 6.54 Å². The summed E-state index contributed by atoms with van der Waals surface area (Å²) in [4.78, 5) is 26.3. The number of nitrogens with one attached hydrogen (secondary N) is 1. The van der Waals surface area contributed by atoms with E-state index in [4.69, 9.17) is 0 Å². The van der Waals surface area contributed by atoms with Crippen molar-refractivity contribution in [3.63, 3.8) is 0 Å². The molecule has 1 aliphatic carbocycles. The van der Waals surface area contributed by atoms with E-state index in [0.717, 1.165) is 32.1 Å². The lowest BCUT2D eigenvalue weighted by Crippen LogP contribution is -2.48. The first-order valence-corrected chi connectivity index (χ1v) is 8.18. The maximum absolute atomic E-state index is 12.7. The number of carbonyl (C=O) groups excluding carboxylic acids is 2. The molecule has 1 spiro atoms. The number of rotatable bonds is 3. The highest BCUT2D eigenvalue weighted by molar-refractivity contribution is 7.80. The predicted octanol–water partition coefficient (Wildman–Crippen LogP) is 2.83. The lowest BCUT2D eigenvalue weighted by atomic mass is 9.80. The number of imide groups is 1. The Morgan fingerprint density at radius 3 is 2.35 bits per heavy atom. The maximum atomic E-state index is 12.7. The van der Waals surface area contributed by atoms with Gasteiger partial charge in [-0.2, -0.15) is 12.6 Å². The highest BCUT2D eigenvalue weighted by atomic mass is 32.1. The van der Waals surface area contributed by atoms with E-state index in [9.17, 15) is 9.59 Å². The van der Waals surface area contributed by atoms with Crippen LogP contribution in [0, 0.1) is 11.3 Å². The van der Waals surface area contributed by atoms with Gasteiger partial charge in [-0.05, 0) is 29.9 Å². The van der Waals surface area contributed by atoms with Gasteiger partial charge in [-0.15, -0.1) is 0 Å². The molecule has 1 N–H and O–H groups in total. The number of hydrogen-bond acceptors (Lipinski definition) is 3. The van der Waals surface area contributed by atoms with E-state index >= 15 is 0 Å². The third-order valence-corrected chi connectivity index (χ3v) is 5.24. The van der Waals surface area contributed by atoms with Crippen LogP contribution in [0.25, 0.3) is 0 Å². The normalized spacial score (nSPS) is 24.1. The summed E-state index contributed by atoms with van der Waals surface area (Å²) in [5, 5.41) is 2.96. The first kappa shape index (κ1) is 15.7. The van der Waals surface area contributed by atoms with Crippen LogP contribution in [0.15, 0.2) is 0 Å². The Kier molecular flexibility index (Phi) is 4.38. The number of urea groups is 1. The second-order valence-corrected chi connectivity index (χ2v) is 7.60. The third kappa shape index (κ3) is 2.83. The summed E-state index contributed by atoms with van der Waals surface area (Å²) in [5.41, 5.74) is -0.570. The molecule has 1 saturated heterocycles. The number of thiol groups is 1. The Morgan fingerprint density at radius 2 is 1.85 bits per heavy atom. The summed E-state index contributed by atoms with van der Waals surface area (Å²) in [5.74, 6) is 0.866. The van der Waals surface area contributed by atoms with Gasteiger partial charge in [0.05, 0.1) is 0 Å². The van der Waals surface area contributed by atoms with Crippen LogP contribution in [0.5, 0.6) is 0 Å². The summed E-state index contributed by atoms with van der Waals surface area (Å²) in [6.07, 6.45) is 4.78. The number of nitrogens with zero attached hydrogens (tertiary/aromatic N) is 1. The first-order chi connectivity index (χ1) is 9.30. The molecule has 1 saturated carbocycles. The molecule has 0 radical (unpaired) electrons. The first-order valence-electron chi connectivity index (χ1n) is 7.55. The Morgan fingerprint density at radius 1 is 1.25 bits per heavy atom. The summed E-state index contributed by atoms with van der Waals surface area (Å²) in [6, 6.07) is -0.215. The third-order valence-electron chi connectivity index (χ3n) is 4.80. The number of amides is 3. The highest BCUT2D eigenvalue weighted by Gasteiger charge is 2.51. The largest absolute Gasteiger partial charge is 0.325 e. The zero-order chi connectivity index (χ0) is 15.0. The molecule has 1 aliphatic heterocycles. The minimum Gasteiger partial charge on any atom is -0.323 e. The highest BCUT2D eigenvalue weighted by Crippen LogP contribution is 2.35. The standard InChI is InChI=1S/C15H26N2O2S/c1-14(2,3)11(10-20)9-17-12(18)15(16-13(17)19)7-5-4-6-8-15/h11,20H,4-10H2,1-3H3,(H,16,19). The molecule has 2 aliphatic rings. The molecule has 114 valence electrons. The molecular weight excluding hydrogens is 272 g/mol. The van der Waals surface area contributed by atoms with E-state index in [1.165, 1.54) is 4.90 Å².